The predicted molar refractivity (Wildman–Crippen MR) is 49.0 cm³/mol. The van der Waals surface area contributed by atoms with E-state index < -0.39 is 57.0 Å². The molecule has 0 heterocycles. The Morgan fingerprint density at radius 1 is 0.444 bits per heavy atom. The maximum atomic E-state index is 13.4. The van der Waals surface area contributed by atoms with Gasteiger partial charge in [-0.25, -0.2) is 36.2 Å². The van der Waals surface area contributed by atoms with Crippen LogP contribution in [-0.2, 0) is 0 Å². The van der Waals surface area contributed by atoms with Crippen molar-refractivity contribution in [3.8, 4) is 0 Å². The number of hydrogen-bond donors (Lipinski definition) is 0. The largest absolute Gasteiger partial charge is 0.572 e. The number of halogens is 7. The standard InChI is InChI=1S/C10BF7/c11-3-4(12)1-2(5(13)8(3)16)7(15)10(18)9(17)6(1)14/q-1. The fourth-order valence-corrected chi connectivity index (χ4v) is 1.50. The average molecular weight is 264 g/mol. The normalized spacial score (nSPS) is 11.3. The zero-order chi connectivity index (χ0) is 13.8. The number of benzene rings is 2. The molecule has 0 amide bonds. The van der Waals surface area contributed by atoms with Gasteiger partial charge in [-0.15, -0.1) is 0 Å². The van der Waals surface area contributed by atoms with Crippen molar-refractivity contribution in [2.24, 2.45) is 0 Å². The fraction of sp³-hybridized carbons (Fsp3) is 0. The second kappa shape index (κ2) is 3.89. The Labute approximate surface area is 96.4 Å². The van der Waals surface area contributed by atoms with Crippen LogP contribution >= 0.6 is 0 Å². The Morgan fingerprint density at radius 3 is 1.22 bits per heavy atom. The van der Waals surface area contributed by atoms with Gasteiger partial charge in [0.25, 0.3) is 0 Å². The molecule has 93 valence electrons. The minimum absolute atomic E-state index is 1.45. The van der Waals surface area contributed by atoms with Crippen molar-refractivity contribution in [3.63, 3.8) is 0 Å². The molecule has 2 aromatic carbocycles. The summed E-state index contributed by atoms with van der Waals surface area (Å²) in [7, 11) is 4.76. The molecular formula is C10BF7-. The quantitative estimate of drug-likeness (QED) is 0.297. The molecule has 0 nitrogen and oxygen atoms in total. The van der Waals surface area contributed by atoms with E-state index in [9.17, 15) is 30.7 Å². The maximum absolute atomic E-state index is 13.4. The molecule has 0 atom stereocenters. The van der Waals surface area contributed by atoms with Gasteiger partial charge in [0.15, 0.2) is 29.1 Å². The van der Waals surface area contributed by atoms with Crippen LogP contribution in [0.25, 0.3) is 10.8 Å². The van der Waals surface area contributed by atoms with Gasteiger partial charge in [-0.05, 0) is 0 Å². The number of fused-ring (bicyclic) bond motifs is 1. The van der Waals surface area contributed by atoms with Gasteiger partial charge in [0, 0.05) is 0 Å². The fourth-order valence-electron chi connectivity index (χ4n) is 1.50. The van der Waals surface area contributed by atoms with Crippen LogP contribution in [-0.4, -0.2) is 7.85 Å². The Morgan fingerprint density at radius 2 is 0.778 bits per heavy atom. The number of hydrogen-bond acceptors (Lipinski definition) is 0. The molecule has 0 aliphatic carbocycles. The summed E-state index contributed by atoms with van der Waals surface area (Å²) in [4.78, 5) is 0. The van der Waals surface area contributed by atoms with Gasteiger partial charge in [-0.3, -0.25) is 0 Å². The summed E-state index contributed by atoms with van der Waals surface area (Å²) < 4.78 is 91.8. The molecule has 0 unspecified atom stereocenters. The molecule has 0 aliphatic heterocycles. The first-order chi connectivity index (χ1) is 8.29. The molecule has 0 aliphatic rings. The summed E-state index contributed by atoms with van der Waals surface area (Å²) in [5.41, 5.74) is -1.45. The van der Waals surface area contributed by atoms with Gasteiger partial charge in [0.1, 0.15) is 5.82 Å². The van der Waals surface area contributed by atoms with E-state index >= 15 is 0 Å². The third kappa shape index (κ3) is 1.41. The highest BCUT2D eigenvalue weighted by atomic mass is 19.2. The lowest BCUT2D eigenvalue weighted by molar-refractivity contribution is 0.412. The van der Waals surface area contributed by atoms with Gasteiger partial charge in [-0.1, -0.05) is 0 Å². The molecule has 0 aromatic heterocycles. The van der Waals surface area contributed by atoms with Crippen LogP contribution < -0.4 is 5.46 Å². The maximum Gasteiger partial charge on any atom is 0.198 e. The van der Waals surface area contributed by atoms with Crippen LogP contribution in [0.15, 0.2) is 0 Å². The lowest BCUT2D eigenvalue weighted by Gasteiger charge is -2.16. The van der Waals surface area contributed by atoms with Gasteiger partial charge in [0.2, 0.25) is 0 Å². The highest BCUT2D eigenvalue weighted by Gasteiger charge is 2.26. The van der Waals surface area contributed by atoms with Crippen molar-refractivity contribution in [1.82, 2.24) is 0 Å². The number of rotatable bonds is 0. The predicted octanol–water partition coefficient (Wildman–Crippen LogP) is 2.61. The first-order valence-corrected chi connectivity index (χ1v) is 4.36. The molecule has 0 N–H and O–H groups in total. The topological polar surface area (TPSA) is 0 Å². The van der Waals surface area contributed by atoms with E-state index in [1.165, 1.54) is 0 Å². The molecule has 3 radical (unpaired) electrons. The molecule has 0 bridgehead atoms. The van der Waals surface area contributed by atoms with Crippen molar-refractivity contribution in [2.75, 3.05) is 0 Å². The molecule has 18 heavy (non-hydrogen) atoms. The van der Waals surface area contributed by atoms with Crippen molar-refractivity contribution in [1.29, 1.82) is 0 Å². The molecule has 0 spiro atoms. The van der Waals surface area contributed by atoms with Crippen LogP contribution in [0.1, 0.15) is 0 Å². The monoisotopic (exact) mass is 264 g/mol. The summed E-state index contributed by atoms with van der Waals surface area (Å²) in [6.07, 6.45) is 0. The highest BCUT2D eigenvalue weighted by Crippen LogP contribution is 2.30. The SMILES string of the molecule is [B-]c1c(F)c(F)c2c(F)c(F)c(F)c(F)c2c1F. The Balaban J connectivity index is 3.22. The zero-order valence-corrected chi connectivity index (χ0v) is 8.22. The first kappa shape index (κ1) is 12.7. The highest BCUT2D eigenvalue weighted by molar-refractivity contribution is 6.33. The first-order valence-electron chi connectivity index (χ1n) is 4.36. The van der Waals surface area contributed by atoms with Crippen LogP contribution in [0.3, 0.4) is 0 Å². The van der Waals surface area contributed by atoms with Crippen LogP contribution in [0.4, 0.5) is 30.7 Å². The average Bonchev–Trinajstić information content (AvgIpc) is 2.35. The summed E-state index contributed by atoms with van der Waals surface area (Å²) in [5.74, 6) is -15.2. The van der Waals surface area contributed by atoms with Crippen molar-refractivity contribution in [2.45, 2.75) is 0 Å². The Bertz CT molecular complexity index is 567. The second-order valence-electron chi connectivity index (χ2n) is 3.36. The van der Waals surface area contributed by atoms with E-state index in [1.54, 1.807) is 0 Å². The van der Waals surface area contributed by atoms with Gasteiger partial charge in [0.05, 0.1) is 16.6 Å². The second-order valence-corrected chi connectivity index (χ2v) is 3.36. The summed E-state index contributed by atoms with van der Waals surface area (Å²) in [5, 5.41) is -3.25. The van der Waals surface area contributed by atoms with E-state index in [0.717, 1.165) is 0 Å². The molecule has 2 rings (SSSR count). The lowest BCUT2D eigenvalue weighted by Crippen LogP contribution is -2.19. The molecular weight excluding hydrogens is 264 g/mol. The van der Waals surface area contributed by atoms with Gasteiger partial charge < -0.3 is 7.85 Å². The summed E-state index contributed by atoms with van der Waals surface area (Å²) in [6, 6.07) is 0. The van der Waals surface area contributed by atoms with E-state index in [2.05, 4.69) is 0 Å². The van der Waals surface area contributed by atoms with E-state index in [-0.39, 0.29) is 0 Å². The van der Waals surface area contributed by atoms with Gasteiger partial charge in [-0.2, -0.15) is 0 Å². The Hall–Kier alpha value is -1.73. The van der Waals surface area contributed by atoms with E-state index in [0.29, 0.717) is 0 Å². The van der Waals surface area contributed by atoms with Crippen LogP contribution in [0.5, 0.6) is 0 Å². The third-order valence-corrected chi connectivity index (χ3v) is 2.37. The zero-order valence-electron chi connectivity index (χ0n) is 8.22. The van der Waals surface area contributed by atoms with E-state index in [1.807, 2.05) is 0 Å². The summed E-state index contributed by atoms with van der Waals surface area (Å²) in [6.45, 7) is 0. The van der Waals surface area contributed by atoms with Crippen LogP contribution in [0.2, 0.25) is 0 Å². The molecule has 0 saturated carbocycles. The minimum atomic E-state index is -2.37. The van der Waals surface area contributed by atoms with E-state index in [4.69, 9.17) is 7.85 Å². The molecule has 2 aromatic rings. The molecule has 0 fully saturated rings. The molecule has 0 saturated heterocycles. The van der Waals surface area contributed by atoms with Gasteiger partial charge >= 0.3 is 0 Å². The van der Waals surface area contributed by atoms with Crippen LogP contribution in [0, 0.1) is 40.7 Å². The van der Waals surface area contributed by atoms with Crippen molar-refractivity contribution < 1.29 is 30.7 Å². The smallest absolute Gasteiger partial charge is 0.198 e. The lowest BCUT2D eigenvalue weighted by atomic mass is 9.90. The Kier molecular flexibility index (Phi) is 2.75. The minimum Gasteiger partial charge on any atom is -0.572 e. The van der Waals surface area contributed by atoms with Crippen molar-refractivity contribution >= 4 is 24.1 Å². The third-order valence-electron chi connectivity index (χ3n) is 2.37. The summed E-state index contributed by atoms with van der Waals surface area (Å²) >= 11 is 0. The van der Waals surface area contributed by atoms with Crippen molar-refractivity contribution in [3.05, 3.63) is 40.7 Å². The molecule has 8 heteroatoms.